The molecule has 1 nitrogen and oxygen atoms in total. The van der Waals surface area contributed by atoms with Gasteiger partial charge < -0.3 is 5.32 Å². The van der Waals surface area contributed by atoms with Crippen LogP contribution in [0.2, 0.25) is 0 Å². The first-order chi connectivity index (χ1) is 8.72. The summed E-state index contributed by atoms with van der Waals surface area (Å²) in [5.74, 6) is 1.91. The summed E-state index contributed by atoms with van der Waals surface area (Å²) in [6.45, 7) is 8.33. The van der Waals surface area contributed by atoms with Crippen LogP contribution in [0, 0.1) is 17.3 Å². The van der Waals surface area contributed by atoms with Crippen molar-refractivity contribution in [1.29, 1.82) is 0 Å². The second-order valence-electron chi connectivity index (χ2n) is 6.99. The maximum absolute atomic E-state index is 3.91. The molecule has 3 unspecified atom stereocenters. The SMILES string of the molecule is CCNC(C1CCCC(C)C1)C1(CC)CCCC1. The zero-order valence-corrected chi connectivity index (χ0v) is 12.8. The Bertz CT molecular complexity index is 242. The van der Waals surface area contributed by atoms with Crippen molar-refractivity contribution in [2.45, 2.75) is 84.6 Å². The number of hydrogen-bond acceptors (Lipinski definition) is 1. The third-order valence-corrected chi connectivity index (χ3v) is 5.84. The van der Waals surface area contributed by atoms with Gasteiger partial charge in [0.2, 0.25) is 0 Å². The van der Waals surface area contributed by atoms with Crippen molar-refractivity contribution < 1.29 is 0 Å². The molecule has 0 aromatic rings. The fourth-order valence-corrected chi connectivity index (χ4v) is 4.85. The topological polar surface area (TPSA) is 12.0 Å². The third kappa shape index (κ3) is 2.92. The maximum atomic E-state index is 3.91. The largest absolute Gasteiger partial charge is 0.313 e. The van der Waals surface area contributed by atoms with E-state index in [2.05, 4.69) is 26.1 Å². The predicted molar refractivity (Wildman–Crippen MR) is 79.8 cm³/mol. The minimum Gasteiger partial charge on any atom is -0.313 e. The van der Waals surface area contributed by atoms with Gasteiger partial charge in [0.05, 0.1) is 0 Å². The van der Waals surface area contributed by atoms with Crippen molar-refractivity contribution >= 4 is 0 Å². The van der Waals surface area contributed by atoms with Gasteiger partial charge in [-0.3, -0.25) is 0 Å². The summed E-state index contributed by atoms with van der Waals surface area (Å²) in [6, 6.07) is 0.803. The lowest BCUT2D eigenvalue weighted by Gasteiger charge is -2.45. The molecule has 0 spiro atoms. The minimum absolute atomic E-state index is 0.637. The third-order valence-electron chi connectivity index (χ3n) is 5.84. The first-order valence-electron chi connectivity index (χ1n) is 8.45. The van der Waals surface area contributed by atoms with Crippen LogP contribution in [0.1, 0.15) is 78.6 Å². The molecule has 0 radical (unpaired) electrons. The van der Waals surface area contributed by atoms with Gasteiger partial charge in [0.15, 0.2) is 0 Å². The van der Waals surface area contributed by atoms with E-state index >= 15 is 0 Å². The zero-order valence-electron chi connectivity index (χ0n) is 12.8. The monoisotopic (exact) mass is 251 g/mol. The molecule has 18 heavy (non-hydrogen) atoms. The number of hydrogen-bond donors (Lipinski definition) is 1. The van der Waals surface area contributed by atoms with E-state index in [-0.39, 0.29) is 0 Å². The van der Waals surface area contributed by atoms with E-state index < -0.39 is 0 Å². The van der Waals surface area contributed by atoms with Crippen LogP contribution in [-0.4, -0.2) is 12.6 Å². The second kappa shape index (κ2) is 6.41. The molecule has 1 heteroatoms. The average molecular weight is 251 g/mol. The lowest BCUT2D eigenvalue weighted by molar-refractivity contribution is 0.0975. The van der Waals surface area contributed by atoms with E-state index in [1.54, 1.807) is 0 Å². The van der Waals surface area contributed by atoms with Gasteiger partial charge in [0.25, 0.3) is 0 Å². The van der Waals surface area contributed by atoms with Gasteiger partial charge in [-0.1, -0.05) is 46.5 Å². The van der Waals surface area contributed by atoms with E-state index in [9.17, 15) is 0 Å². The number of nitrogens with one attached hydrogen (secondary N) is 1. The Morgan fingerprint density at radius 3 is 2.39 bits per heavy atom. The smallest absolute Gasteiger partial charge is 0.0152 e. The molecule has 2 rings (SSSR count). The molecular formula is C17H33N. The van der Waals surface area contributed by atoms with Crippen LogP contribution in [0.4, 0.5) is 0 Å². The summed E-state index contributed by atoms with van der Waals surface area (Å²) < 4.78 is 0. The van der Waals surface area contributed by atoms with Gasteiger partial charge in [-0.15, -0.1) is 0 Å². The molecule has 1 N–H and O–H groups in total. The van der Waals surface area contributed by atoms with Gasteiger partial charge in [-0.05, 0) is 55.9 Å². The molecule has 2 fully saturated rings. The zero-order chi connectivity index (χ0) is 13.0. The summed E-state index contributed by atoms with van der Waals surface area (Å²) in [5, 5.41) is 3.91. The van der Waals surface area contributed by atoms with Crippen LogP contribution in [0.15, 0.2) is 0 Å². The number of rotatable bonds is 5. The fourth-order valence-electron chi connectivity index (χ4n) is 4.85. The molecule has 2 aliphatic rings. The first-order valence-corrected chi connectivity index (χ1v) is 8.45. The summed E-state index contributed by atoms with van der Waals surface area (Å²) >= 11 is 0. The molecule has 0 aromatic heterocycles. The van der Waals surface area contributed by atoms with E-state index in [1.807, 2.05) is 0 Å². The fraction of sp³-hybridized carbons (Fsp3) is 1.00. The van der Waals surface area contributed by atoms with Crippen LogP contribution in [0.25, 0.3) is 0 Å². The Morgan fingerprint density at radius 1 is 1.11 bits per heavy atom. The molecule has 2 aliphatic carbocycles. The van der Waals surface area contributed by atoms with Crippen LogP contribution >= 0.6 is 0 Å². The highest BCUT2D eigenvalue weighted by atomic mass is 14.9. The molecule has 0 aliphatic heterocycles. The molecule has 2 saturated carbocycles. The van der Waals surface area contributed by atoms with Crippen LogP contribution in [0.3, 0.4) is 0 Å². The standard InChI is InChI=1S/C17H33N/c1-4-17(11-6-7-12-17)16(18-5-2)15-10-8-9-14(3)13-15/h14-16,18H,4-13H2,1-3H3. The second-order valence-corrected chi connectivity index (χ2v) is 6.99. The van der Waals surface area contributed by atoms with Crippen LogP contribution in [0.5, 0.6) is 0 Å². The lowest BCUT2D eigenvalue weighted by atomic mass is 9.66. The summed E-state index contributed by atoms with van der Waals surface area (Å²) in [4.78, 5) is 0. The van der Waals surface area contributed by atoms with E-state index in [0.29, 0.717) is 5.41 Å². The molecular weight excluding hydrogens is 218 g/mol. The maximum Gasteiger partial charge on any atom is 0.0152 e. The van der Waals surface area contributed by atoms with Gasteiger partial charge in [-0.25, -0.2) is 0 Å². The Labute approximate surface area is 114 Å². The van der Waals surface area contributed by atoms with Crippen molar-refractivity contribution in [2.24, 2.45) is 17.3 Å². The van der Waals surface area contributed by atoms with E-state index in [4.69, 9.17) is 0 Å². The highest BCUT2D eigenvalue weighted by Crippen LogP contribution is 2.48. The van der Waals surface area contributed by atoms with Gasteiger partial charge in [-0.2, -0.15) is 0 Å². The minimum atomic E-state index is 0.637. The Balaban J connectivity index is 2.10. The summed E-state index contributed by atoms with van der Waals surface area (Å²) in [7, 11) is 0. The molecule has 0 bridgehead atoms. The van der Waals surface area contributed by atoms with E-state index in [1.165, 1.54) is 57.8 Å². The molecule has 0 heterocycles. The van der Waals surface area contributed by atoms with Crippen molar-refractivity contribution in [1.82, 2.24) is 5.32 Å². The predicted octanol–water partition coefficient (Wildman–Crippen LogP) is 4.76. The van der Waals surface area contributed by atoms with Gasteiger partial charge in [0, 0.05) is 6.04 Å². The molecule has 0 amide bonds. The van der Waals surface area contributed by atoms with Gasteiger partial charge >= 0.3 is 0 Å². The average Bonchev–Trinajstić information content (AvgIpc) is 2.85. The molecule has 106 valence electrons. The van der Waals surface area contributed by atoms with Crippen LogP contribution < -0.4 is 5.32 Å². The van der Waals surface area contributed by atoms with Crippen molar-refractivity contribution in [3.8, 4) is 0 Å². The van der Waals surface area contributed by atoms with E-state index in [0.717, 1.165) is 24.4 Å². The van der Waals surface area contributed by atoms with Crippen molar-refractivity contribution in [2.75, 3.05) is 6.54 Å². The normalized spacial score (nSPS) is 33.5. The highest BCUT2D eigenvalue weighted by molar-refractivity contribution is 4.98. The Morgan fingerprint density at radius 2 is 1.83 bits per heavy atom. The van der Waals surface area contributed by atoms with Crippen molar-refractivity contribution in [3.63, 3.8) is 0 Å². The molecule has 3 atom stereocenters. The molecule has 0 aromatic carbocycles. The quantitative estimate of drug-likeness (QED) is 0.743. The first kappa shape index (κ1) is 14.4. The Hall–Kier alpha value is -0.0400. The summed E-state index contributed by atoms with van der Waals surface area (Å²) in [6.07, 6.45) is 13.2. The lowest BCUT2D eigenvalue weighted by Crippen LogP contribution is -2.49. The summed E-state index contributed by atoms with van der Waals surface area (Å²) in [5.41, 5.74) is 0.637. The molecule has 0 saturated heterocycles. The Kier molecular flexibility index (Phi) is 5.12. The van der Waals surface area contributed by atoms with Crippen molar-refractivity contribution in [3.05, 3.63) is 0 Å². The van der Waals surface area contributed by atoms with Crippen LogP contribution in [-0.2, 0) is 0 Å². The van der Waals surface area contributed by atoms with Gasteiger partial charge in [0.1, 0.15) is 0 Å². The highest BCUT2D eigenvalue weighted by Gasteiger charge is 2.43.